The van der Waals surface area contributed by atoms with E-state index in [1.165, 1.54) is 62.0 Å². The van der Waals surface area contributed by atoms with Crippen LogP contribution >= 0.6 is 0 Å². The number of carbonyl (C=O) groups is 2. The first-order chi connectivity index (χ1) is 14.1. The largest absolute Gasteiger partial charge is 0.497 e. The quantitative estimate of drug-likeness (QED) is 0.642. The smallest absolute Gasteiger partial charge is 0.437 e. The third-order valence-electron chi connectivity index (χ3n) is 4.94. The average Bonchev–Trinajstić information content (AvgIpc) is 2.72. The number of methoxy groups -OCH3 is 2. The van der Waals surface area contributed by atoms with Crippen molar-refractivity contribution in [2.45, 2.75) is 17.9 Å². The first kappa shape index (κ1) is 21.4. The second-order valence-electron chi connectivity index (χ2n) is 6.65. The lowest BCUT2D eigenvalue weighted by Gasteiger charge is -2.45. The Morgan fingerprint density at radius 3 is 2.27 bits per heavy atom. The SMILES string of the molecule is COc1ccc(C(=O)[C@H]2[C@H](c3ccccc3OC)NC(=O)N[C@@]2(O)C(F)(F)F)cc1. The van der Waals surface area contributed by atoms with Gasteiger partial charge in [-0.1, -0.05) is 18.2 Å². The zero-order chi connectivity index (χ0) is 22.1. The van der Waals surface area contributed by atoms with Crippen molar-refractivity contribution in [3.05, 3.63) is 59.7 Å². The number of nitrogens with one attached hydrogen (secondary N) is 2. The van der Waals surface area contributed by atoms with Gasteiger partial charge in [-0.2, -0.15) is 13.2 Å². The van der Waals surface area contributed by atoms with Gasteiger partial charge in [0, 0.05) is 11.1 Å². The Bertz CT molecular complexity index is 948. The van der Waals surface area contributed by atoms with Gasteiger partial charge in [0.1, 0.15) is 17.4 Å². The molecule has 3 rings (SSSR count). The van der Waals surface area contributed by atoms with Crippen LogP contribution in [0.5, 0.6) is 11.5 Å². The number of ether oxygens (including phenoxy) is 2. The van der Waals surface area contributed by atoms with Crippen LogP contribution < -0.4 is 20.1 Å². The Morgan fingerprint density at radius 2 is 1.70 bits per heavy atom. The summed E-state index contributed by atoms with van der Waals surface area (Å²) in [5, 5.41) is 14.4. The maximum absolute atomic E-state index is 13.9. The highest BCUT2D eigenvalue weighted by atomic mass is 19.4. The topological polar surface area (TPSA) is 96.9 Å². The maximum atomic E-state index is 13.9. The summed E-state index contributed by atoms with van der Waals surface area (Å²) in [5.41, 5.74) is -3.79. The number of Topliss-reactive ketones (excluding diaryl/α,β-unsaturated/α-hetero) is 1. The molecule has 10 heteroatoms. The molecule has 1 heterocycles. The number of halogens is 3. The van der Waals surface area contributed by atoms with Gasteiger partial charge in [-0.05, 0) is 30.3 Å². The lowest BCUT2D eigenvalue weighted by atomic mass is 9.77. The number of alkyl halides is 3. The van der Waals surface area contributed by atoms with Crippen LogP contribution in [-0.2, 0) is 0 Å². The number of hydrogen-bond acceptors (Lipinski definition) is 5. The highest BCUT2D eigenvalue weighted by molar-refractivity contribution is 6.00. The summed E-state index contributed by atoms with van der Waals surface area (Å²) in [6.45, 7) is 0. The zero-order valence-corrected chi connectivity index (χ0v) is 16.0. The summed E-state index contributed by atoms with van der Waals surface area (Å²) in [5.74, 6) is -2.61. The Labute approximate surface area is 169 Å². The summed E-state index contributed by atoms with van der Waals surface area (Å²) < 4.78 is 51.9. The molecule has 0 unspecified atom stereocenters. The molecule has 0 spiro atoms. The fourth-order valence-electron chi connectivity index (χ4n) is 3.46. The Morgan fingerprint density at radius 1 is 1.07 bits per heavy atom. The molecular formula is C20H19F3N2O5. The molecule has 3 atom stereocenters. The molecule has 3 N–H and O–H groups in total. The monoisotopic (exact) mass is 424 g/mol. The van der Waals surface area contributed by atoms with Gasteiger partial charge in [0.2, 0.25) is 5.72 Å². The molecular weight excluding hydrogens is 405 g/mol. The van der Waals surface area contributed by atoms with Crippen LogP contribution in [0.15, 0.2) is 48.5 Å². The van der Waals surface area contributed by atoms with E-state index in [0.29, 0.717) is 5.75 Å². The van der Waals surface area contributed by atoms with E-state index in [4.69, 9.17) is 9.47 Å². The zero-order valence-electron chi connectivity index (χ0n) is 16.0. The van der Waals surface area contributed by atoms with Gasteiger partial charge in [-0.25, -0.2) is 4.79 Å². The average molecular weight is 424 g/mol. The lowest BCUT2D eigenvalue weighted by Crippen LogP contribution is -2.72. The number of para-hydroxylation sites is 1. The van der Waals surface area contributed by atoms with Gasteiger partial charge >= 0.3 is 12.2 Å². The van der Waals surface area contributed by atoms with Crippen LogP contribution in [0.2, 0.25) is 0 Å². The van der Waals surface area contributed by atoms with Crippen LogP contribution in [0, 0.1) is 5.92 Å². The molecule has 1 aliphatic rings. The molecule has 2 amide bonds. The minimum atomic E-state index is -5.34. The standard InChI is InChI=1S/C20H19F3N2O5/c1-29-12-9-7-11(8-10-12)17(26)15-16(13-5-3-4-6-14(13)30-2)24-18(27)25-19(15,28)20(21,22)23/h3-10,15-16,28H,1-2H3,(H2,24,25,27)/t15-,16+,19+/m1/s1. The number of ketones is 1. The molecule has 2 aromatic rings. The van der Waals surface area contributed by atoms with Crippen molar-refractivity contribution in [2.24, 2.45) is 5.92 Å². The first-order valence-electron chi connectivity index (χ1n) is 8.81. The minimum absolute atomic E-state index is 0.0960. The predicted octanol–water partition coefficient (Wildman–Crippen LogP) is 2.81. The number of rotatable bonds is 5. The number of carbonyl (C=O) groups excluding carboxylic acids is 2. The minimum Gasteiger partial charge on any atom is -0.497 e. The van der Waals surface area contributed by atoms with Crippen molar-refractivity contribution in [2.75, 3.05) is 14.2 Å². The van der Waals surface area contributed by atoms with E-state index >= 15 is 0 Å². The number of benzene rings is 2. The van der Waals surface area contributed by atoms with Gasteiger partial charge < -0.3 is 25.2 Å². The van der Waals surface area contributed by atoms with Crippen molar-refractivity contribution < 1.29 is 37.3 Å². The molecule has 0 aliphatic carbocycles. The van der Waals surface area contributed by atoms with E-state index in [0.717, 1.165) is 0 Å². The number of amides is 2. The second-order valence-corrected chi connectivity index (χ2v) is 6.65. The van der Waals surface area contributed by atoms with Crippen LogP contribution in [0.3, 0.4) is 0 Å². The van der Waals surface area contributed by atoms with E-state index in [2.05, 4.69) is 5.32 Å². The Kier molecular flexibility index (Phi) is 5.62. The fourth-order valence-corrected chi connectivity index (χ4v) is 3.46. The molecule has 0 bridgehead atoms. The molecule has 0 saturated carbocycles. The molecule has 30 heavy (non-hydrogen) atoms. The van der Waals surface area contributed by atoms with Gasteiger partial charge in [0.15, 0.2) is 5.78 Å². The Balaban J connectivity index is 2.17. The predicted molar refractivity (Wildman–Crippen MR) is 99.2 cm³/mol. The Hall–Kier alpha value is -3.27. The van der Waals surface area contributed by atoms with Gasteiger partial charge in [0.25, 0.3) is 0 Å². The van der Waals surface area contributed by atoms with E-state index in [-0.39, 0.29) is 16.9 Å². The summed E-state index contributed by atoms with van der Waals surface area (Å²) in [6.07, 6.45) is -5.34. The second kappa shape index (κ2) is 7.86. The fraction of sp³-hybridized carbons (Fsp3) is 0.300. The maximum Gasteiger partial charge on any atom is 0.437 e. The lowest BCUT2D eigenvalue weighted by molar-refractivity contribution is -0.287. The number of hydrogen-bond donors (Lipinski definition) is 3. The van der Waals surface area contributed by atoms with Crippen LogP contribution in [-0.4, -0.2) is 43.0 Å². The van der Waals surface area contributed by atoms with Crippen molar-refractivity contribution in [1.82, 2.24) is 10.6 Å². The molecule has 7 nitrogen and oxygen atoms in total. The summed E-state index contributed by atoms with van der Waals surface area (Å²) in [7, 11) is 2.70. The summed E-state index contributed by atoms with van der Waals surface area (Å²) in [6, 6.07) is 8.60. The molecule has 0 aromatic heterocycles. The van der Waals surface area contributed by atoms with Gasteiger partial charge in [-0.15, -0.1) is 0 Å². The van der Waals surface area contributed by atoms with Crippen LogP contribution in [0.4, 0.5) is 18.0 Å². The van der Waals surface area contributed by atoms with E-state index in [1.807, 2.05) is 0 Å². The van der Waals surface area contributed by atoms with E-state index in [9.17, 15) is 27.9 Å². The molecule has 0 radical (unpaired) electrons. The molecule has 1 aliphatic heterocycles. The first-order valence-corrected chi connectivity index (χ1v) is 8.81. The van der Waals surface area contributed by atoms with Crippen molar-refractivity contribution in [1.29, 1.82) is 0 Å². The third-order valence-corrected chi connectivity index (χ3v) is 4.94. The number of urea groups is 1. The molecule has 2 aromatic carbocycles. The van der Waals surface area contributed by atoms with Crippen molar-refractivity contribution >= 4 is 11.8 Å². The van der Waals surface area contributed by atoms with E-state index in [1.54, 1.807) is 6.07 Å². The van der Waals surface area contributed by atoms with Crippen molar-refractivity contribution in [3.8, 4) is 11.5 Å². The van der Waals surface area contributed by atoms with Crippen molar-refractivity contribution in [3.63, 3.8) is 0 Å². The normalized spacial score (nSPS) is 23.9. The molecule has 1 fully saturated rings. The van der Waals surface area contributed by atoms with Crippen LogP contribution in [0.1, 0.15) is 22.0 Å². The third kappa shape index (κ3) is 3.65. The van der Waals surface area contributed by atoms with Crippen LogP contribution in [0.25, 0.3) is 0 Å². The highest BCUT2D eigenvalue weighted by Gasteiger charge is 2.66. The summed E-state index contributed by atoms with van der Waals surface area (Å²) in [4.78, 5) is 25.3. The van der Waals surface area contributed by atoms with Gasteiger partial charge in [-0.3, -0.25) is 4.79 Å². The number of aliphatic hydroxyl groups is 1. The highest BCUT2D eigenvalue weighted by Crippen LogP contribution is 2.45. The summed E-state index contributed by atoms with van der Waals surface area (Å²) >= 11 is 0. The van der Waals surface area contributed by atoms with Gasteiger partial charge in [0.05, 0.1) is 20.3 Å². The molecule has 160 valence electrons. The molecule has 1 saturated heterocycles. The van der Waals surface area contributed by atoms with E-state index < -0.39 is 35.7 Å².